The van der Waals surface area contributed by atoms with Crippen LogP contribution in [0.4, 0.5) is 0 Å². The fourth-order valence-corrected chi connectivity index (χ4v) is 2.92. The summed E-state index contributed by atoms with van der Waals surface area (Å²) in [7, 11) is 0. The van der Waals surface area contributed by atoms with E-state index in [-0.39, 0.29) is 6.04 Å². The van der Waals surface area contributed by atoms with Gasteiger partial charge in [-0.15, -0.1) is 0 Å². The van der Waals surface area contributed by atoms with Gasteiger partial charge in [-0.3, -0.25) is 0 Å². The van der Waals surface area contributed by atoms with Crippen molar-refractivity contribution < 1.29 is 9.84 Å². The standard InChI is InChI=1S/C15H22BrNO2/c1-11(17)13-6-5-12(16)9-14(13)19-10-15(18)7-3-2-4-8-15/h5-6,9,11,18H,2-4,7-8,10,17H2,1H3. The minimum atomic E-state index is -0.671. The predicted octanol–water partition coefficient (Wildman–Crippen LogP) is 3.54. The van der Waals surface area contributed by atoms with Crippen molar-refractivity contribution in [1.29, 1.82) is 0 Å². The van der Waals surface area contributed by atoms with Gasteiger partial charge in [0.05, 0.1) is 5.60 Å². The Kier molecular flexibility index (Phi) is 4.87. The number of hydrogen-bond acceptors (Lipinski definition) is 3. The van der Waals surface area contributed by atoms with Crippen LogP contribution in [0.5, 0.6) is 5.75 Å². The van der Waals surface area contributed by atoms with Gasteiger partial charge in [-0.1, -0.05) is 41.3 Å². The van der Waals surface area contributed by atoms with Gasteiger partial charge in [0.2, 0.25) is 0 Å². The molecule has 0 radical (unpaired) electrons. The van der Waals surface area contributed by atoms with E-state index < -0.39 is 5.60 Å². The van der Waals surface area contributed by atoms with E-state index in [2.05, 4.69) is 15.9 Å². The van der Waals surface area contributed by atoms with Gasteiger partial charge < -0.3 is 15.6 Å². The highest BCUT2D eigenvalue weighted by Crippen LogP contribution is 2.32. The molecule has 2 rings (SSSR count). The van der Waals surface area contributed by atoms with E-state index in [9.17, 15) is 5.11 Å². The molecule has 1 atom stereocenters. The Morgan fingerprint density at radius 2 is 2.05 bits per heavy atom. The van der Waals surface area contributed by atoms with Gasteiger partial charge in [-0.05, 0) is 31.9 Å². The van der Waals surface area contributed by atoms with Gasteiger partial charge in [0, 0.05) is 16.1 Å². The van der Waals surface area contributed by atoms with Crippen LogP contribution in [0.15, 0.2) is 22.7 Å². The van der Waals surface area contributed by atoms with E-state index in [0.29, 0.717) is 6.61 Å². The molecular formula is C15H22BrNO2. The molecule has 0 saturated heterocycles. The molecule has 0 amide bonds. The average molecular weight is 328 g/mol. The van der Waals surface area contributed by atoms with Crippen molar-refractivity contribution in [1.82, 2.24) is 0 Å². The Morgan fingerprint density at radius 3 is 2.68 bits per heavy atom. The summed E-state index contributed by atoms with van der Waals surface area (Å²) < 4.78 is 6.82. The third-order valence-electron chi connectivity index (χ3n) is 3.75. The van der Waals surface area contributed by atoms with Crippen LogP contribution >= 0.6 is 15.9 Å². The molecule has 1 aliphatic rings. The van der Waals surface area contributed by atoms with E-state index in [1.165, 1.54) is 6.42 Å². The third kappa shape index (κ3) is 3.94. The zero-order valence-corrected chi connectivity index (χ0v) is 12.9. The maximum atomic E-state index is 10.5. The maximum Gasteiger partial charge on any atom is 0.125 e. The predicted molar refractivity (Wildman–Crippen MR) is 80.3 cm³/mol. The molecule has 0 heterocycles. The van der Waals surface area contributed by atoms with Crippen molar-refractivity contribution in [3.63, 3.8) is 0 Å². The Balaban J connectivity index is 2.07. The van der Waals surface area contributed by atoms with Gasteiger partial charge in [0.15, 0.2) is 0 Å². The zero-order chi connectivity index (χ0) is 13.9. The summed E-state index contributed by atoms with van der Waals surface area (Å²) in [6.07, 6.45) is 5.03. The molecule has 3 nitrogen and oxygen atoms in total. The number of rotatable bonds is 4. The van der Waals surface area contributed by atoms with Crippen LogP contribution in [0.25, 0.3) is 0 Å². The van der Waals surface area contributed by atoms with Gasteiger partial charge >= 0.3 is 0 Å². The average Bonchev–Trinajstić information content (AvgIpc) is 2.37. The second-order valence-electron chi connectivity index (χ2n) is 5.54. The van der Waals surface area contributed by atoms with Crippen molar-refractivity contribution in [2.24, 2.45) is 5.73 Å². The third-order valence-corrected chi connectivity index (χ3v) is 4.24. The Hall–Kier alpha value is -0.580. The molecule has 106 valence electrons. The minimum Gasteiger partial charge on any atom is -0.490 e. The lowest BCUT2D eigenvalue weighted by Crippen LogP contribution is -2.38. The zero-order valence-electron chi connectivity index (χ0n) is 11.4. The molecule has 1 aromatic rings. The van der Waals surface area contributed by atoms with Crippen LogP contribution < -0.4 is 10.5 Å². The summed E-state index contributed by atoms with van der Waals surface area (Å²) in [5.41, 5.74) is 6.25. The van der Waals surface area contributed by atoms with Gasteiger partial charge in [-0.25, -0.2) is 0 Å². The molecule has 1 aromatic carbocycles. The Labute approximate surface area is 123 Å². The molecule has 4 heteroatoms. The molecule has 0 aliphatic heterocycles. The number of halogens is 1. The molecule has 1 aliphatic carbocycles. The van der Waals surface area contributed by atoms with E-state index in [0.717, 1.165) is 41.5 Å². The van der Waals surface area contributed by atoms with Crippen molar-refractivity contribution >= 4 is 15.9 Å². The smallest absolute Gasteiger partial charge is 0.125 e. The number of aliphatic hydroxyl groups is 1. The fraction of sp³-hybridized carbons (Fsp3) is 0.600. The molecule has 3 N–H and O–H groups in total. The second kappa shape index (κ2) is 6.25. The van der Waals surface area contributed by atoms with Crippen LogP contribution in [0, 0.1) is 0 Å². The van der Waals surface area contributed by atoms with E-state index >= 15 is 0 Å². The first kappa shape index (κ1) is 14.8. The number of benzene rings is 1. The summed E-state index contributed by atoms with van der Waals surface area (Å²) in [4.78, 5) is 0. The molecule has 0 spiro atoms. The van der Waals surface area contributed by atoms with Crippen LogP contribution in [0.3, 0.4) is 0 Å². The van der Waals surface area contributed by atoms with Gasteiger partial charge in [0.1, 0.15) is 12.4 Å². The largest absolute Gasteiger partial charge is 0.490 e. The molecule has 19 heavy (non-hydrogen) atoms. The summed E-state index contributed by atoms with van der Waals surface area (Å²) >= 11 is 3.44. The van der Waals surface area contributed by atoms with Crippen molar-refractivity contribution in [3.8, 4) is 5.75 Å². The normalized spacial score (nSPS) is 20.0. The van der Waals surface area contributed by atoms with Crippen molar-refractivity contribution in [2.45, 2.75) is 50.7 Å². The van der Waals surface area contributed by atoms with E-state index in [1.807, 2.05) is 25.1 Å². The minimum absolute atomic E-state index is 0.0795. The molecule has 1 unspecified atom stereocenters. The van der Waals surface area contributed by atoms with Crippen molar-refractivity contribution in [3.05, 3.63) is 28.2 Å². The lowest BCUT2D eigenvalue weighted by molar-refractivity contribution is -0.0341. The maximum absolute atomic E-state index is 10.5. The summed E-state index contributed by atoms with van der Waals surface area (Å²) in [6.45, 7) is 2.29. The highest BCUT2D eigenvalue weighted by Gasteiger charge is 2.30. The van der Waals surface area contributed by atoms with E-state index in [4.69, 9.17) is 10.5 Å². The molecular weight excluding hydrogens is 306 g/mol. The second-order valence-corrected chi connectivity index (χ2v) is 6.46. The van der Waals surface area contributed by atoms with Gasteiger partial charge in [-0.2, -0.15) is 0 Å². The number of hydrogen-bond donors (Lipinski definition) is 2. The monoisotopic (exact) mass is 327 g/mol. The van der Waals surface area contributed by atoms with E-state index in [1.54, 1.807) is 0 Å². The van der Waals surface area contributed by atoms with Crippen molar-refractivity contribution in [2.75, 3.05) is 6.61 Å². The topological polar surface area (TPSA) is 55.5 Å². The SMILES string of the molecule is CC(N)c1ccc(Br)cc1OCC1(O)CCCCC1. The molecule has 1 fully saturated rings. The highest BCUT2D eigenvalue weighted by molar-refractivity contribution is 9.10. The molecule has 0 bridgehead atoms. The number of nitrogens with two attached hydrogens (primary N) is 1. The first-order valence-electron chi connectivity index (χ1n) is 6.90. The fourth-order valence-electron chi connectivity index (χ4n) is 2.58. The molecule has 1 saturated carbocycles. The van der Waals surface area contributed by atoms with Crippen LogP contribution in [0.1, 0.15) is 50.6 Å². The summed E-state index contributed by atoms with van der Waals surface area (Å²) in [6, 6.07) is 5.77. The Bertz CT molecular complexity index is 428. The molecule has 0 aromatic heterocycles. The first-order chi connectivity index (χ1) is 9.00. The van der Waals surface area contributed by atoms with Crippen LogP contribution in [-0.4, -0.2) is 17.3 Å². The summed E-state index contributed by atoms with van der Waals surface area (Å²) in [5.74, 6) is 0.767. The summed E-state index contributed by atoms with van der Waals surface area (Å²) in [5, 5.41) is 10.5. The Morgan fingerprint density at radius 1 is 1.37 bits per heavy atom. The lowest BCUT2D eigenvalue weighted by Gasteiger charge is -2.32. The van der Waals surface area contributed by atoms with Crippen LogP contribution in [0.2, 0.25) is 0 Å². The lowest BCUT2D eigenvalue weighted by atomic mass is 9.85. The van der Waals surface area contributed by atoms with Gasteiger partial charge in [0.25, 0.3) is 0 Å². The quantitative estimate of drug-likeness (QED) is 0.889. The highest BCUT2D eigenvalue weighted by atomic mass is 79.9. The van der Waals surface area contributed by atoms with Crippen LogP contribution in [-0.2, 0) is 0 Å². The number of ether oxygens (including phenoxy) is 1. The first-order valence-corrected chi connectivity index (χ1v) is 7.70.